The highest BCUT2D eigenvalue weighted by molar-refractivity contribution is 7.15. The fraction of sp³-hybridized carbons (Fsp3) is 0.440. The van der Waals surface area contributed by atoms with Crippen LogP contribution in [0.3, 0.4) is 0 Å². The normalized spacial score (nSPS) is 23.0. The number of likely N-dealkylation sites (tertiary alicyclic amines) is 1. The molecule has 0 spiro atoms. The molecule has 3 aromatic heterocycles. The van der Waals surface area contributed by atoms with Gasteiger partial charge >= 0.3 is 0 Å². The number of pyridine rings is 2. The number of aromatic nitrogens is 3. The molecule has 1 unspecified atom stereocenters. The summed E-state index contributed by atoms with van der Waals surface area (Å²) in [6.07, 6.45) is 7.80. The standard InChI is InChI=1S/C25H29N5O2S/c1-16-9-11-26-23(13-16)29-22-4-2-3-20(28-22)21-14-27-24(33-21)17-5-7-18(8-6-17)25(32)30-12-10-19(31)15-30/h2-4,9,11,13-14,17-19,31H,5-8,10,12,15H2,1H3,(H,26,28,29). The number of rotatable bonds is 5. The van der Waals surface area contributed by atoms with Gasteiger partial charge in [-0.25, -0.2) is 15.0 Å². The zero-order valence-corrected chi connectivity index (χ0v) is 19.6. The van der Waals surface area contributed by atoms with E-state index in [1.165, 1.54) is 0 Å². The lowest BCUT2D eigenvalue weighted by molar-refractivity contribution is -0.135. The van der Waals surface area contributed by atoms with Gasteiger partial charge < -0.3 is 15.3 Å². The van der Waals surface area contributed by atoms with E-state index >= 15 is 0 Å². The molecule has 1 aliphatic carbocycles. The molecule has 1 saturated heterocycles. The van der Waals surface area contributed by atoms with Gasteiger partial charge in [0.1, 0.15) is 11.6 Å². The molecule has 1 aliphatic heterocycles. The Kier molecular flexibility index (Phi) is 6.37. The van der Waals surface area contributed by atoms with E-state index in [0.29, 0.717) is 25.4 Å². The first-order valence-corrected chi connectivity index (χ1v) is 12.5. The number of β-amino-alcohol motifs (C(OH)–C–C–N with tert-alkyl or cyclic N) is 1. The first kappa shape index (κ1) is 22.0. The molecule has 0 aromatic carbocycles. The molecule has 1 atom stereocenters. The van der Waals surface area contributed by atoms with Crippen molar-refractivity contribution >= 4 is 28.9 Å². The van der Waals surface area contributed by atoms with Crippen LogP contribution in [0.25, 0.3) is 10.6 Å². The van der Waals surface area contributed by atoms with Gasteiger partial charge in [0, 0.05) is 37.3 Å². The molecule has 1 amide bonds. The number of aliphatic hydroxyl groups excluding tert-OH is 1. The Hall–Kier alpha value is -2.84. The molecule has 2 N–H and O–H groups in total. The summed E-state index contributed by atoms with van der Waals surface area (Å²) in [5.41, 5.74) is 2.04. The number of amides is 1. The Morgan fingerprint density at radius 1 is 1.12 bits per heavy atom. The highest BCUT2D eigenvalue weighted by Crippen LogP contribution is 2.40. The molecular weight excluding hydrogens is 434 g/mol. The van der Waals surface area contributed by atoms with Gasteiger partial charge in [-0.15, -0.1) is 11.3 Å². The maximum absolute atomic E-state index is 12.7. The molecule has 2 fully saturated rings. The van der Waals surface area contributed by atoms with Gasteiger partial charge in [0.25, 0.3) is 0 Å². The Bertz CT molecular complexity index is 1130. The van der Waals surface area contributed by atoms with Crippen LogP contribution in [-0.4, -0.2) is 50.1 Å². The van der Waals surface area contributed by atoms with Crippen molar-refractivity contribution in [2.24, 2.45) is 5.92 Å². The lowest BCUT2D eigenvalue weighted by Crippen LogP contribution is -2.36. The van der Waals surface area contributed by atoms with Crippen LogP contribution >= 0.6 is 11.3 Å². The summed E-state index contributed by atoms with van der Waals surface area (Å²) in [5.74, 6) is 2.24. The number of carbonyl (C=O) groups is 1. The summed E-state index contributed by atoms with van der Waals surface area (Å²) in [7, 11) is 0. The van der Waals surface area contributed by atoms with Crippen LogP contribution in [0.1, 0.15) is 48.6 Å². The molecule has 7 nitrogen and oxygen atoms in total. The highest BCUT2D eigenvalue weighted by Gasteiger charge is 2.33. The second-order valence-electron chi connectivity index (χ2n) is 9.09. The number of nitrogens with zero attached hydrogens (tertiary/aromatic N) is 4. The summed E-state index contributed by atoms with van der Waals surface area (Å²) in [6.45, 7) is 3.22. The summed E-state index contributed by atoms with van der Waals surface area (Å²) >= 11 is 1.70. The van der Waals surface area contributed by atoms with E-state index in [2.05, 4.69) is 10.3 Å². The largest absolute Gasteiger partial charge is 0.391 e. The maximum Gasteiger partial charge on any atom is 0.225 e. The minimum atomic E-state index is -0.352. The van der Waals surface area contributed by atoms with Crippen LogP contribution < -0.4 is 5.32 Å². The SMILES string of the molecule is Cc1ccnc(Nc2cccc(-c3cnc(C4CCC(C(=O)N5CCC(O)C5)CC4)s3)n2)c1. The smallest absolute Gasteiger partial charge is 0.225 e. The van der Waals surface area contributed by atoms with Crippen molar-refractivity contribution in [1.29, 1.82) is 0 Å². The predicted molar refractivity (Wildman–Crippen MR) is 130 cm³/mol. The molecule has 5 rings (SSSR count). The third-order valence-electron chi connectivity index (χ3n) is 6.60. The lowest BCUT2D eigenvalue weighted by Gasteiger charge is -2.29. The minimum absolute atomic E-state index is 0.0886. The fourth-order valence-electron chi connectivity index (χ4n) is 4.76. The van der Waals surface area contributed by atoms with Crippen LogP contribution in [0.15, 0.2) is 42.7 Å². The average molecular weight is 464 g/mol. The molecule has 3 aromatic rings. The molecule has 1 saturated carbocycles. The van der Waals surface area contributed by atoms with E-state index in [4.69, 9.17) is 9.97 Å². The molecule has 8 heteroatoms. The van der Waals surface area contributed by atoms with Crippen LogP contribution in [0, 0.1) is 12.8 Å². The minimum Gasteiger partial charge on any atom is -0.391 e. The molecule has 2 aliphatic rings. The summed E-state index contributed by atoms with van der Waals surface area (Å²) in [4.78, 5) is 29.5. The molecule has 0 radical (unpaired) electrons. The Labute approximate surface area is 197 Å². The quantitative estimate of drug-likeness (QED) is 0.578. The van der Waals surface area contributed by atoms with Gasteiger partial charge in [-0.2, -0.15) is 0 Å². The maximum atomic E-state index is 12.7. The number of thiazole rings is 1. The molecule has 0 bridgehead atoms. The van der Waals surface area contributed by atoms with E-state index in [1.807, 2.05) is 48.4 Å². The van der Waals surface area contributed by atoms with Gasteiger partial charge in [-0.05, 0) is 68.9 Å². The number of hydrogen-bond acceptors (Lipinski definition) is 7. The van der Waals surface area contributed by atoms with E-state index in [1.54, 1.807) is 17.5 Å². The van der Waals surface area contributed by atoms with Crippen LogP contribution in [-0.2, 0) is 4.79 Å². The third kappa shape index (κ3) is 5.07. The van der Waals surface area contributed by atoms with E-state index in [9.17, 15) is 9.90 Å². The number of aliphatic hydroxyl groups is 1. The lowest BCUT2D eigenvalue weighted by atomic mass is 9.81. The molecule has 33 heavy (non-hydrogen) atoms. The highest BCUT2D eigenvalue weighted by atomic mass is 32.1. The third-order valence-corrected chi connectivity index (χ3v) is 7.78. The Morgan fingerprint density at radius 3 is 2.73 bits per heavy atom. The van der Waals surface area contributed by atoms with Crippen LogP contribution in [0.4, 0.5) is 11.6 Å². The first-order chi connectivity index (χ1) is 16.0. The molecule has 4 heterocycles. The predicted octanol–water partition coefficient (Wildman–Crippen LogP) is 4.52. The fourth-order valence-corrected chi connectivity index (χ4v) is 5.82. The van der Waals surface area contributed by atoms with Gasteiger partial charge in [0.15, 0.2) is 0 Å². The second kappa shape index (κ2) is 9.57. The van der Waals surface area contributed by atoms with Crippen molar-refractivity contribution in [2.45, 2.75) is 51.0 Å². The number of nitrogens with one attached hydrogen (secondary N) is 1. The van der Waals surface area contributed by atoms with Gasteiger partial charge in [0.2, 0.25) is 5.91 Å². The summed E-state index contributed by atoms with van der Waals surface area (Å²) < 4.78 is 0. The van der Waals surface area contributed by atoms with E-state index < -0.39 is 0 Å². The van der Waals surface area contributed by atoms with Crippen molar-refractivity contribution in [2.75, 3.05) is 18.4 Å². The van der Waals surface area contributed by atoms with Crippen molar-refractivity contribution in [3.63, 3.8) is 0 Å². The molecular formula is C25H29N5O2S. The van der Waals surface area contributed by atoms with Gasteiger partial charge in [-0.3, -0.25) is 4.79 Å². The first-order valence-electron chi connectivity index (χ1n) is 11.6. The van der Waals surface area contributed by atoms with E-state index in [-0.39, 0.29) is 17.9 Å². The summed E-state index contributed by atoms with van der Waals surface area (Å²) in [5, 5.41) is 14.1. The zero-order valence-electron chi connectivity index (χ0n) is 18.8. The second-order valence-corrected chi connectivity index (χ2v) is 10.2. The molecule has 172 valence electrons. The number of anilines is 2. The zero-order chi connectivity index (χ0) is 22.8. The van der Waals surface area contributed by atoms with Crippen molar-refractivity contribution in [1.82, 2.24) is 19.9 Å². The van der Waals surface area contributed by atoms with Crippen molar-refractivity contribution in [3.8, 4) is 10.6 Å². The van der Waals surface area contributed by atoms with Crippen LogP contribution in [0.5, 0.6) is 0 Å². The summed E-state index contributed by atoms with van der Waals surface area (Å²) in [6, 6.07) is 9.89. The van der Waals surface area contributed by atoms with Crippen molar-refractivity contribution < 1.29 is 9.90 Å². The number of carbonyl (C=O) groups excluding carboxylic acids is 1. The monoisotopic (exact) mass is 463 g/mol. The van der Waals surface area contributed by atoms with Crippen molar-refractivity contribution in [3.05, 3.63) is 53.3 Å². The average Bonchev–Trinajstić information content (AvgIpc) is 3.49. The topological polar surface area (TPSA) is 91.2 Å². The van der Waals surface area contributed by atoms with Crippen LogP contribution in [0.2, 0.25) is 0 Å². The Morgan fingerprint density at radius 2 is 1.97 bits per heavy atom. The van der Waals surface area contributed by atoms with Gasteiger partial charge in [0.05, 0.1) is 21.7 Å². The van der Waals surface area contributed by atoms with E-state index in [0.717, 1.165) is 58.5 Å². The van der Waals surface area contributed by atoms with Gasteiger partial charge in [-0.1, -0.05) is 6.07 Å². The Balaban J connectivity index is 1.21. The number of aryl methyl sites for hydroxylation is 1. The number of hydrogen-bond donors (Lipinski definition) is 2.